The van der Waals surface area contributed by atoms with Gasteiger partial charge in [0.1, 0.15) is 0 Å². The Bertz CT molecular complexity index is 6.00. The first-order valence-electron chi connectivity index (χ1n) is 0. The Balaban J connectivity index is 0. The molecule has 0 fully saturated rings. The molecular formula is CeNiO2+. The van der Waals surface area contributed by atoms with Crippen LogP contribution in [0.15, 0.2) is 0 Å². The average molecular weight is 231 g/mol. The van der Waals surface area contributed by atoms with Crippen molar-refractivity contribution in [2.45, 2.75) is 0 Å². The van der Waals surface area contributed by atoms with Crippen LogP contribution in [0.5, 0.6) is 0 Å². The molecule has 0 heterocycles. The molecule has 0 saturated carbocycles. The summed E-state index contributed by atoms with van der Waals surface area (Å²) in [4.78, 5) is 0. The zero-order chi connectivity index (χ0) is 0. The van der Waals surface area contributed by atoms with Crippen molar-refractivity contribution in [3.63, 3.8) is 0 Å². The molecule has 0 amide bonds. The molecule has 0 aromatic carbocycles. The fourth-order valence-corrected chi connectivity index (χ4v) is 0. The summed E-state index contributed by atoms with van der Waals surface area (Å²) in [6.45, 7) is 0. The maximum Gasteiger partial charge on any atom is 3.00 e. The van der Waals surface area contributed by atoms with E-state index in [0.29, 0.717) is 0 Å². The molecule has 0 aromatic heterocycles. The molecule has 25 valence electrons. The van der Waals surface area contributed by atoms with Crippen molar-refractivity contribution in [2.24, 2.45) is 0 Å². The second kappa shape index (κ2) is 21.5. The normalized spacial score (nSPS) is 0. The van der Waals surface area contributed by atoms with Crippen molar-refractivity contribution in [3.05, 3.63) is 0 Å². The first-order chi connectivity index (χ1) is 0. The van der Waals surface area contributed by atoms with Crippen molar-refractivity contribution in [1.82, 2.24) is 0 Å². The van der Waals surface area contributed by atoms with Crippen LogP contribution in [0, 0.1) is 41.7 Å². The van der Waals surface area contributed by atoms with Gasteiger partial charge in [0.05, 0.1) is 0 Å². The van der Waals surface area contributed by atoms with Crippen LogP contribution in [0.1, 0.15) is 0 Å². The smallest absolute Gasteiger partial charge is 2.00 e. The van der Waals surface area contributed by atoms with Gasteiger partial charge < -0.3 is 11.0 Å². The summed E-state index contributed by atoms with van der Waals surface area (Å²) < 4.78 is 0. The molecule has 2 nitrogen and oxygen atoms in total. The van der Waals surface area contributed by atoms with Crippen LogP contribution in [0.4, 0.5) is 0 Å². The van der Waals surface area contributed by atoms with E-state index < -0.39 is 0 Å². The van der Waals surface area contributed by atoms with Gasteiger partial charge in [0.15, 0.2) is 0 Å². The van der Waals surface area contributed by atoms with Gasteiger partial charge in [-0.3, -0.25) is 0 Å². The summed E-state index contributed by atoms with van der Waals surface area (Å²) in [5, 5.41) is 0. The van der Waals surface area contributed by atoms with Gasteiger partial charge in [0.25, 0.3) is 0 Å². The summed E-state index contributed by atoms with van der Waals surface area (Å²) in [6, 6.07) is 0. The molecule has 0 aromatic rings. The van der Waals surface area contributed by atoms with Crippen LogP contribution in [-0.2, 0) is 27.4 Å². The van der Waals surface area contributed by atoms with E-state index in [1.54, 1.807) is 0 Å². The first kappa shape index (κ1) is 41.5. The van der Waals surface area contributed by atoms with E-state index in [9.17, 15) is 0 Å². The zero-order valence-electron chi connectivity index (χ0n) is 1.63. The summed E-state index contributed by atoms with van der Waals surface area (Å²) in [5.41, 5.74) is 0. The Morgan fingerprint density at radius 1 is 0.750 bits per heavy atom. The Morgan fingerprint density at radius 2 is 0.750 bits per heavy atom. The van der Waals surface area contributed by atoms with Crippen LogP contribution in [0.3, 0.4) is 0 Å². The zero-order valence-corrected chi connectivity index (χ0v) is 5.76. The van der Waals surface area contributed by atoms with Crippen molar-refractivity contribution in [2.75, 3.05) is 0 Å². The van der Waals surface area contributed by atoms with E-state index in [1.165, 1.54) is 0 Å². The second-order valence-corrected chi connectivity index (χ2v) is 0. The van der Waals surface area contributed by atoms with Crippen molar-refractivity contribution in [1.29, 1.82) is 0 Å². The molecule has 0 rings (SSSR count). The van der Waals surface area contributed by atoms with Crippen molar-refractivity contribution < 1.29 is 69.2 Å². The SMILES string of the molecule is [Ce+3].[Ni+2].[O-2].[O-2]. The van der Waals surface area contributed by atoms with E-state index in [4.69, 9.17) is 0 Å². The first-order valence-corrected chi connectivity index (χ1v) is 0. The van der Waals surface area contributed by atoms with Crippen LogP contribution in [-0.4, -0.2) is 0 Å². The van der Waals surface area contributed by atoms with Crippen molar-refractivity contribution in [3.8, 4) is 0 Å². The number of hydrogen-bond donors (Lipinski definition) is 0. The second-order valence-electron chi connectivity index (χ2n) is 0. The number of hydrogen-bond acceptors (Lipinski definition) is 0. The molecule has 0 aliphatic heterocycles. The Labute approximate surface area is 68.3 Å². The van der Waals surface area contributed by atoms with Crippen LogP contribution in [0.25, 0.3) is 0 Å². The predicted octanol–water partition coefficient (Wildman–Crippen LogP) is -0.240. The number of rotatable bonds is 0. The Kier molecular flexibility index (Phi) is 223. The largest absolute Gasteiger partial charge is 3.00 e. The third-order valence-electron chi connectivity index (χ3n) is 0. The molecule has 0 aliphatic carbocycles. The van der Waals surface area contributed by atoms with E-state index in [1.807, 2.05) is 0 Å². The monoisotopic (exact) mass is 230 g/mol. The Hall–Kier alpha value is 1.79. The third kappa shape index (κ3) is 9.21. The minimum atomic E-state index is 0. The van der Waals surface area contributed by atoms with Crippen LogP contribution in [0.2, 0.25) is 0 Å². The van der Waals surface area contributed by atoms with E-state index in [0.717, 1.165) is 0 Å². The fourth-order valence-electron chi connectivity index (χ4n) is 0. The molecule has 0 saturated heterocycles. The molecule has 0 aliphatic rings. The van der Waals surface area contributed by atoms with Gasteiger partial charge in [0, 0.05) is 0 Å². The standard InChI is InChI=1S/Ce.Ni.2O/q+3;+2;2*-2. The molecule has 4 heteroatoms. The Morgan fingerprint density at radius 3 is 0.750 bits per heavy atom. The third-order valence-corrected chi connectivity index (χ3v) is 0. The molecule has 0 spiro atoms. The predicted molar refractivity (Wildman–Crippen MR) is 1.37 cm³/mol. The minimum absolute atomic E-state index is 0. The summed E-state index contributed by atoms with van der Waals surface area (Å²) >= 11 is 0. The quantitative estimate of drug-likeness (QED) is 0.516. The molecule has 0 atom stereocenters. The molecule has 1 radical (unpaired) electrons. The molecular weight excluding hydrogens is 231 g/mol. The maximum atomic E-state index is 0. The molecule has 0 N–H and O–H groups in total. The van der Waals surface area contributed by atoms with Gasteiger partial charge in [-0.1, -0.05) is 0 Å². The van der Waals surface area contributed by atoms with Crippen molar-refractivity contribution >= 4 is 0 Å². The summed E-state index contributed by atoms with van der Waals surface area (Å²) in [6.07, 6.45) is 0. The topological polar surface area (TPSA) is 57.0 Å². The summed E-state index contributed by atoms with van der Waals surface area (Å²) in [5.74, 6) is 0. The van der Waals surface area contributed by atoms with E-state index in [2.05, 4.69) is 0 Å². The van der Waals surface area contributed by atoms with Gasteiger partial charge in [-0.15, -0.1) is 0 Å². The van der Waals surface area contributed by atoms with Crippen LogP contribution >= 0.6 is 0 Å². The molecule has 0 bridgehead atoms. The van der Waals surface area contributed by atoms with Gasteiger partial charge in [-0.05, 0) is 0 Å². The summed E-state index contributed by atoms with van der Waals surface area (Å²) in [7, 11) is 0. The van der Waals surface area contributed by atoms with Gasteiger partial charge >= 0.3 is 58.2 Å². The minimum Gasteiger partial charge on any atom is -2.00 e. The molecule has 0 unspecified atom stereocenters. The maximum absolute atomic E-state index is 0. The van der Waals surface area contributed by atoms with Gasteiger partial charge in [-0.25, -0.2) is 0 Å². The van der Waals surface area contributed by atoms with E-state index in [-0.39, 0.29) is 69.2 Å². The van der Waals surface area contributed by atoms with E-state index >= 15 is 0 Å². The van der Waals surface area contributed by atoms with Crippen LogP contribution < -0.4 is 0 Å². The van der Waals surface area contributed by atoms with Gasteiger partial charge in [0.2, 0.25) is 0 Å². The fraction of sp³-hybridized carbons (Fsp3) is 0. The molecule has 4 heavy (non-hydrogen) atoms. The van der Waals surface area contributed by atoms with Gasteiger partial charge in [-0.2, -0.15) is 0 Å². The average Bonchev–Trinajstić information content (AvgIpc) is 0.